The van der Waals surface area contributed by atoms with Crippen LogP contribution in [0.25, 0.3) is 0 Å². The minimum atomic E-state index is -4.17. The quantitative estimate of drug-likeness (QED) is 0.284. The summed E-state index contributed by atoms with van der Waals surface area (Å²) in [5.74, 6) is 6.19. The van der Waals surface area contributed by atoms with Crippen LogP contribution in [0.1, 0.15) is 50.2 Å². The summed E-state index contributed by atoms with van der Waals surface area (Å²) in [6, 6.07) is 13.0. The van der Waals surface area contributed by atoms with Crippen LogP contribution in [-0.4, -0.2) is 78.0 Å². The first kappa shape index (κ1) is 34.7. The molecule has 0 radical (unpaired) electrons. The van der Waals surface area contributed by atoms with Crippen molar-refractivity contribution in [3.63, 3.8) is 0 Å². The molecule has 2 aromatic rings. The second-order valence-corrected chi connectivity index (χ2v) is 15.2. The highest BCUT2D eigenvalue weighted by molar-refractivity contribution is 8.18. The Morgan fingerprint density at radius 2 is 1.36 bits per heavy atom. The van der Waals surface area contributed by atoms with E-state index in [1.165, 1.54) is 48.3 Å². The summed E-state index contributed by atoms with van der Waals surface area (Å²) in [6.45, 7) is 4.56. The number of hydrogen-bond donors (Lipinski definition) is 2. The number of rotatable bonds is 12. The smallest absolute Gasteiger partial charge is 0.330 e. The van der Waals surface area contributed by atoms with Crippen molar-refractivity contribution in [1.29, 1.82) is 0 Å². The molecule has 236 valence electrons. The van der Waals surface area contributed by atoms with E-state index in [0.29, 0.717) is 5.92 Å². The summed E-state index contributed by atoms with van der Waals surface area (Å²) in [5, 5.41) is 3.88. The molecule has 0 bridgehead atoms. The normalized spacial score (nSPS) is 18.2. The molecular weight excluding hydrogens is 597 g/mol. The maximum atomic E-state index is 8.97. The highest BCUT2D eigenvalue weighted by Crippen LogP contribution is 2.55. The van der Waals surface area contributed by atoms with Crippen LogP contribution >= 0.6 is 23.5 Å². The second-order valence-electron chi connectivity index (χ2n) is 11.1. The molecule has 12 heteroatoms. The fourth-order valence-corrected chi connectivity index (χ4v) is 9.64. The number of nitrogens with zero attached hydrogens (tertiary/aromatic N) is 1. The minimum absolute atomic E-state index is 0.0512. The highest BCUT2D eigenvalue weighted by atomic mass is 32.2. The van der Waals surface area contributed by atoms with Gasteiger partial charge in [0.05, 0.1) is 32.5 Å². The minimum Gasteiger partial charge on any atom is -0.493 e. The van der Waals surface area contributed by atoms with E-state index in [0.717, 1.165) is 42.5 Å². The molecule has 42 heavy (non-hydrogen) atoms. The lowest BCUT2D eigenvalue weighted by molar-refractivity contribution is 0.145. The van der Waals surface area contributed by atoms with Crippen LogP contribution < -0.4 is 24.1 Å². The van der Waals surface area contributed by atoms with E-state index in [2.05, 4.69) is 83.9 Å². The van der Waals surface area contributed by atoms with Gasteiger partial charge in [-0.1, -0.05) is 25.5 Å². The molecular formula is C30H46N2O7S3. The molecule has 3 N–H and O–H groups in total. The Kier molecular flexibility index (Phi) is 12.6. The average molecular weight is 643 g/mol. The first-order valence-electron chi connectivity index (χ1n) is 14.1. The lowest BCUT2D eigenvalue weighted by Crippen LogP contribution is -2.45. The summed E-state index contributed by atoms with van der Waals surface area (Å²) in [7, 11) is 4.97. The molecule has 9 nitrogen and oxygen atoms in total. The largest absolute Gasteiger partial charge is 0.493 e. The maximum Gasteiger partial charge on any atom is 0.330 e. The van der Waals surface area contributed by atoms with E-state index >= 15 is 0 Å². The Morgan fingerprint density at radius 3 is 1.81 bits per heavy atom. The van der Waals surface area contributed by atoms with Gasteiger partial charge in [-0.05, 0) is 85.5 Å². The molecule has 4 rings (SSSR count). The van der Waals surface area contributed by atoms with Gasteiger partial charge in [-0.25, -0.2) is 5.14 Å². The molecule has 0 amide bonds. The zero-order valence-corrected chi connectivity index (χ0v) is 28.0. The predicted octanol–water partition coefficient (Wildman–Crippen LogP) is 5.57. The molecule has 0 spiro atoms. The molecule has 2 aliphatic rings. The van der Waals surface area contributed by atoms with E-state index in [1.54, 1.807) is 28.4 Å². The van der Waals surface area contributed by atoms with Crippen molar-refractivity contribution < 1.29 is 31.9 Å². The molecule has 1 aliphatic carbocycles. The van der Waals surface area contributed by atoms with Crippen molar-refractivity contribution >= 4 is 33.8 Å². The van der Waals surface area contributed by atoms with E-state index in [4.69, 9.17) is 31.9 Å². The van der Waals surface area contributed by atoms with Gasteiger partial charge in [-0.2, -0.15) is 8.42 Å². The summed E-state index contributed by atoms with van der Waals surface area (Å²) < 4.78 is 47.5. The molecule has 1 saturated heterocycles. The monoisotopic (exact) mass is 642 g/mol. The van der Waals surface area contributed by atoms with Gasteiger partial charge in [0, 0.05) is 18.5 Å². The van der Waals surface area contributed by atoms with Crippen LogP contribution in [0.5, 0.6) is 23.0 Å². The summed E-state index contributed by atoms with van der Waals surface area (Å²) in [5.41, 5.74) is 2.91. The van der Waals surface area contributed by atoms with Crippen molar-refractivity contribution in [3.05, 3.63) is 47.5 Å². The number of ether oxygens (including phenoxy) is 4. The van der Waals surface area contributed by atoms with Crippen molar-refractivity contribution in [2.75, 3.05) is 60.1 Å². The third kappa shape index (κ3) is 9.09. The lowest BCUT2D eigenvalue weighted by atomic mass is 9.64. The number of hydrogen-bond acceptors (Lipinski definition) is 9. The lowest BCUT2D eigenvalue weighted by Gasteiger charge is -2.46. The number of benzene rings is 2. The van der Waals surface area contributed by atoms with Gasteiger partial charge < -0.3 is 23.8 Å². The van der Waals surface area contributed by atoms with Crippen LogP contribution in [0.15, 0.2) is 36.4 Å². The number of thioether (sulfide) groups is 2. The topological polar surface area (TPSA) is 121 Å². The summed E-state index contributed by atoms with van der Waals surface area (Å²) in [4.78, 5) is 2.56. The SMILES string of the molecule is COc1ccc(C2(CN(C)C[C@H](C)CC3(c4ccc(OC)c(OC)c4)SCCCS3)CCC2)cc1OC.NS(=O)(=O)O. The Bertz CT molecular complexity index is 1260. The second kappa shape index (κ2) is 15.3. The van der Waals surface area contributed by atoms with E-state index in [9.17, 15) is 0 Å². The Hall–Kier alpha value is -1.83. The average Bonchev–Trinajstić information content (AvgIpc) is 2.93. The van der Waals surface area contributed by atoms with Crippen molar-refractivity contribution in [3.8, 4) is 23.0 Å². The molecule has 0 unspecified atom stereocenters. The van der Waals surface area contributed by atoms with Gasteiger partial charge in [0.2, 0.25) is 0 Å². The first-order chi connectivity index (χ1) is 19.9. The third-order valence-corrected chi connectivity index (χ3v) is 11.3. The Morgan fingerprint density at radius 1 is 0.881 bits per heavy atom. The number of nitrogens with two attached hydrogens (primary N) is 1. The zero-order chi connectivity index (χ0) is 31.0. The fraction of sp³-hybridized carbons (Fsp3) is 0.600. The molecule has 0 aromatic heterocycles. The predicted molar refractivity (Wildman–Crippen MR) is 173 cm³/mol. The Balaban J connectivity index is 0.000000892. The van der Waals surface area contributed by atoms with E-state index in [1.807, 2.05) is 0 Å². The molecule has 2 fully saturated rings. The van der Waals surface area contributed by atoms with E-state index < -0.39 is 10.3 Å². The van der Waals surface area contributed by atoms with Gasteiger partial charge in [0.15, 0.2) is 23.0 Å². The van der Waals surface area contributed by atoms with Crippen LogP contribution in [0, 0.1) is 5.92 Å². The summed E-state index contributed by atoms with van der Waals surface area (Å²) in [6.07, 6.45) is 6.14. The maximum absolute atomic E-state index is 8.97. The van der Waals surface area contributed by atoms with Crippen LogP contribution in [0.2, 0.25) is 0 Å². The van der Waals surface area contributed by atoms with Crippen LogP contribution in [0.3, 0.4) is 0 Å². The van der Waals surface area contributed by atoms with Gasteiger partial charge in [0.1, 0.15) is 0 Å². The van der Waals surface area contributed by atoms with Gasteiger partial charge in [0.25, 0.3) is 0 Å². The molecule has 2 aromatic carbocycles. The van der Waals surface area contributed by atoms with Gasteiger partial charge in [-0.15, -0.1) is 23.5 Å². The zero-order valence-electron chi connectivity index (χ0n) is 25.6. The summed E-state index contributed by atoms with van der Waals surface area (Å²) >= 11 is 4.21. The fourth-order valence-electron chi connectivity index (χ4n) is 5.99. The van der Waals surface area contributed by atoms with Crippen molar-refractivity contribution in [2.45, 2.75) is 48.5 Å². The van der Waals surface area contributed by atoms with Crippen LogP contribution in [0.4, 0.5) is 0 Å². The molecule has 1 aliphatic heterocycles. The van der Waals surface area contributed by atoms with E-state index in [-0.39, 0.29) is 9.49 Å². The Labute approximate surface area is 260 Å². The van der Waals surface area contributed by atoms with Gasteiger partial charge in [-0.3, -0.25) is 4.55 Å². The molecule has 1 saturated carbocycles. The van der Waals surface area contributed by atoms with Crippen molar-refractivity contribution in [2.24, 2.45) is 11.1 Å². The first-order valence-corrected chi connectivity index (χ1v) is 17.5. The number of likely N-dealkylation sites (N-methyl/N-ethyl adjacent to an activating group) is 1. The van der Waals surface area contributed by atoms with Crippen molar-refractivity contribution in [1.82, 2.24) is 4.90 Å². The molecule has 1 heterocycles. The molecule has 1 atom stereocenters. The van der Waals surface area contributed by atoms with Gasteiger partial charge >= 0.3 is 10.3 Å². The third-order valence-electron chi connectivity index (χ3n) is 7.90. The number of methoxy groups -OCH3 is 4. The van der Waals surface area contributed by atoms with Crippen LogP contribution in [-0.2, 0) is 19.8 Å². The standard InChI is InChI=1S/C30H43NO4S2.H3NO3S/c1-22(19-30(36-15-8-16-37-30)24-10-12-26(33-4)28(18-24)35-6)20-31(2)21-29(13-7-14-29)23-9-11-25(32-3)27(17-23)34-5;1-5(2,3)4/h9-12,17-18,22H,7-8,13-16,19-21H2,1-6H3;(H3,1,2,3,4)/t22-;/m1./s1. The highest BCUT2D eigenvalue weighted by Gasteiger charge is 2.41.